The summed E-state index contributed by atoms with van der Waals surface area (Å²) in [4.78, 5) is 9.14. The van der Waals surface area contributed by atoms with Gasteiger partial charge in [0.2, 0.25) is 0 Å². The normalized spacial score (nSPS) is 11.2. The van der Waals surface area contributed by atoms with Crippen molar-refractivity contribution >= 4 is 57.2 Å². The van der Waals surface area contributed by atoms with Gasteiger partial charge >= 0.3 is 0 Å². The van der Waals surface area contributed by atoms with E-state index < -0.39 is 0 Å². The van der Waals surface area contributed by atoms with Gasteiger partial charge in [-0.3, -0.25) is 4.99 Å². The molecule has 2 rings (SSSR count). The second kappa shape index (κ2) is 8.93. The van der Waals surface area contributed by atoms with Crippen molar-refractivity contribution in [1.29, 1.82) is 0 Å². The third kappa shape index (κ3) is 5.27. The van der Waals surface area contributed by atoms with Crippen LogP contribution in [0.15, 0.2) is 33.9 Å². The fraction of sp³-hybridized carbons (Fsp3) is 0.400. The van der Waals surface area contributed by atoms with E-state index in [1.807, 2.05) is 18.4 Å². The van der Waals surface area contributed by atoms with Crippen LogP contribution >= 0.6 is 51.2 Å². The second-order valence-corrected chi connectivity index (χ2v) is 7.32. The number of hydrogen-bond acceptors (Lipinski definition) is 2. The average molecular weight is 497 g/mol. The zero-order chi connectivity index (χ0) is 15.4. The molecule has 0 spiro atoms. The fourth-order valence-electron chi connectivity index (χ4n) is 2.17. The predicted molar refractivity (Wildman–Crippen MR) is 109 cm³/mol. The van der Waals surface area contributed by atoms with E-state index in [1.54, 1.807) is 0 Å². The summed E-state index contributed by atoms with van der Waals surface area (Å²) in [5.41, 5.74) is 1.24. The molecule has 0 unspecified atom stereocenters. The van der Waals surface area contributed by atoms with E-state index in [9.17, 15) is 0 Å². The second-order valence-electron chi connectivity index (χ2n) is 5.03. The van der Waals surface area contributed by atoms with Crippen LogP contribution in [0.3, 0.4) is 0 Å². The van der Waals surface area contributed by atoms with Crippen molar-refractivity contribution < 1.29 is 0 Å². The summed E-state index contributed by atoms with van der Waals surface area (Å²) in [7, 11) is 5.92. The molecule has 0 saturated heterocycles. The largest absolute Gasteiger partial charge is 0.352 e. The van der Waals surface area contributed by atoms with Crippen molar-refractivity contribution in [1.82, 2.24) is 14.8 Å². The van der Waals surface area contributed by atoms with Crippen LogP contribution in [0.1, 0.15) is 15.4 Å². The monoisotopic (exact) mass is 496 g/mol. The highest BCUT2D eigenvalue weighted by Crippen LogP contribution is 2.16. The Bertz CT molecular complexity index is 635. The van der Waals surface area contributed by atoms with E-state index in [-0.39, 0.29) is 24.0 Å². The van der Waals surface area contributed by atoms with Gasteiger partial charge in [0.1, 0.15) is 0 Å². The highest BCUT2D eigenvalue weighted by molar-refractivity contribution is 14.0. The number of guanidine groups is 1. The van der Waals surface area contributed by atoms with Crippen molar-refractivity contribution in [2.45, 2.75) is 20.0 Å². The number of thiophene rings is 1. The highest BCUT2D eigenvalue weighted by atomic mass is 127. The molecule has 2 heterocycles. The maximum atomic E-state index is 4.36. The molecular weight excluding hydrogens is 475 g/mol. The van der Waals surface area contributed by atoms with Crippen LogP contribution < -0.4 is 5.32 Å². The summed E-state index contributed by atoms with van der Waals surface area (Å²) in [6.45, 7) is 3.75. The topological polar surface area (TPSA) is 32.6 Å². The molecule has 0 aliphatic heterocycles. The molecule has 0 bridgehead atoms. The minimum absolute atomic E-state index is 0. The highest BCUT2D eigenvalue weighted by Gasteiger charge is 2.09. The van der Waals surface area contributed by atoms with Gasteiger partial charge in [-0.1, -0.05) is 0 Å². The summed E-state index contributed by atoms with van der Waals surface area (Å²) in [6.07, 6.45) is 2.06. The lowest BCUT2D eigenvalue weighted by atomic mass is 10.4. The third-order valence-electron chi connectivity index (χ3n) is 3.26. The first-order chi connectivity index (χ1) is 9.99. The summed E-state index contributed by atoms with van der Waals surface area (Å²) >= 11 is 5.32. The van der Waals surface area contributed by atoms with Gasteiger partial charge < -0.3 is 14.8 Å². The third-order valence-corrected chi connectivity index (χ3v) is 4.70. The fourth-order valence-corrected chi connectivity index (χ4v) is 3.57. The molecule has 2 aromatic heterocycles. The van der Waals surface area contributed by atoms with Crippen LogP contribution in [0.25, 0.3) is 0 Å². The molecular formula is C15H22BrIN4S. The molecule has 0 aliphatic rings. The van der Waals surface area contributed by atoms with Gasteiger partial charge in [-0.05, 0) is 41.1 Å². The van der Waals surface area contributed by atoms with Gasteiger partial charge in [0.15, 0.2) is 5.96 Å². The lowest BCUT2D eigenvalue weighted by Gasteiger charge is -2.22. The van der Waals surface area contributed by atoms with E-state index in [0.717, 1.165) is 23.5 Å². The lowest BCUT2D eigenvalue weighted by molar-refractivity contribution is 0.462. The Hall–Kier alpha value is -0.540. The van der Waals surface area contributed by atoms with Crippen LogP contribution in [-0.2, 0) is 20.1 Å². The predicted octanol–water partition coefficient (Wildman–Crippen LogP) is 3.98. The molecule has 0 saturated carbocycles. The van der Waals surface area contributed by atoms with Crippen molar-refractivity contribution in [3.8, 4) is 0 Å². The van der Waals surface area contributed by atoms with Gasteiger partial charge in [-0.25, -0.2) is 0 Å². The number of nitrogens with one attached hydrogen (secondary N) is 1. The van der Waals surface area contributed by atoms with E-state index >= 15 is 0 Å². The summed E-state index contributed by atoms with van der Waals surface area (Å²) in [5, 5.41) is 3.41. The molecule has 7 heteroatoms. The molecule has 0 aromatic carbocycles. The molecule has 0 fully saturated rings. The summed E-state index contributed by atoms with van der Waals surface area (Å²) in [5.74, 6) is 0.901. The number of nitrogens with zero attached hydrogens (tertiary/aromatic N) is 3. The number of aromatic nitrogens is 1. The quantitative estimate of drug-likeness (QED) is 0.394. The molecule has 0 amide bonds. The summed E-state index contributed by atoms with van der Waals surface area (Å²) in [6, 6.07) is 6.44. The molecule has 122 valence electrons. The van der Waals surface area contributed by atoms with Crippen LogP contribution in [0.4, 0.5) is 0 Å². The van der Waals surface area contributed by atoms with Gasteiger partial charge in [0, 0.05) is 47.3 Å². The minimum Gasteiger partial charge on any atom is -0.352 e. The molecule has 1 N–H and O–H groups in total. The Labute approximate surface area is 161 Å². The Morgan fingerprint density at radius 1 is 1.45 bits per heavy atom. The van der Waals surface area contributed by atoms with Gasteiger partial charge in [0.05, 0.1) is 13.1 Å². The zero-order valence-corrected chi connectivity index (χ0v) is 18.0. The van der Waals surface area contributed by atoms with Crippen molar-refractivity contribution in [3.05, 3.63) is 44.3 Å². The number of rotatable bonds is 4. The smallest absolute Gasteiger partial charge is 0.194 e. The van der Waals surface area contributed by atoms with Crippen molar-refractivity contribution in [3.63, 3.8) is 0 Å². The molecule has 2 aromatic rings. The maximum Gasteiger partial charge on any atom is 0.194 e. The number of aryl methyl sites for hydroxylation is 2. The Balaban J connectivity index is 0.00000242. The Kier molecular flexibility index (Phi) is 7.92. The van der Waals surface area contributed by atoms with Crippen molar-refractivity contribution in [2.24, 2.45) is 12.0 Å². The standard InChI is InChI=1S/C15H21BrN4S.HI/c1-11-5-6-14(21-11)8-18-15(17-2)20(4)10-13-7-12(16)9-19(13)3;/h5-7,9H,8,10H2,1-4H3,(H,17,18);1H. The molecule has 22 heavy (non-hydrogen) atoms. The van der Waals surface area contributed by atoms with Gasteiger partial charge in [0.25, 0.3) is 0 Å². The van der Waals surface area contributed by atoms with E-state index in [2.05, 4.69) is 81.1 Å². The van der Waals surface area contributed by atoms with Crippen molar-refractivity contribution in [2.75, 3.05) is 14.1 Å². The van der Waals surface area contributed by atoms with Crippen LogP contribution in [0.5, 0.6) is 0 Å². The molecule has 4 nitrogen and oxygen atoms in total. The average Bonchev–Trinajstić information content (AvgIpc) is 2.96. The summed E-state index contributed by atoms with van der Waals surface area (Å²) < 4.78 is 3.22. The lowest BCUT2D eigenvalue weighted by Crippen LogP contribution is -2.38. The molecule has 0 aliphatic carbocycles. The molecule has 0 atom stereocenters. The number of hydrogen-bond donors (Lipinski definition) is 1. The Morgan fingerprint density at radius 2 is 2.18 bits per heavy atom. The van der Waals surface area contributed by atoms with Gasteiger partial charge in [-0.15, -0.1) is 35.3 Å². The first-order valence-corrected chi connectivity index (χ1v) is 8.38. The first kappa shape index (κ1) is 19.5. The van der Waals surface area contributed by atoms with Crippen LogP contribution in [-0.4, -0.2) is 29.5 Å². The van der Waals surface area contributed by atoms with Gasteiger partial charge in [-0.2, -0.15) is 0 Å². The number of halogens is 2. The first-order valence-electron chi connectivity index (χ1n) is 6.77. The van der Waals surface area contributed by atoms with E-state index in [4.69, 9.17) is 0 Å². The van der Waals surface area contributed by atoms with Crippen LogP contribution in [0.2, 0.25) is 0 Å². The number of aliphatic imine (C=N–C) groups is 1. The minimum atomic E-state index is 0. The van der Waals surface area contributed by atoms with Crippen LogP contribution in [0, 0.1) is 6.92 Å². The SMILES string of the molecule is CN=C(NCc1ccc(C)s1)N(C)Cc1cc(Br)cn1C.I. The zero-order valence-electron chi connectivity index (χ0n) is 13.3. The van der Waals surface area contributed by atoms with E-state index in [1.165, 1.54) is 15.4 Å². The Morgan fingerprint density at radius 3 is 2.68 bits per heavy atom. The van der Waals surface area contributed by atoms with E-state index in [0.29, 0.717) is 0 Å². The maximum absolute atomic E-state index is 4.36. The molecule has 0 radical (unpaired) electrons.